The third-order valence-electron chi connectivity index (χ3n) is 4.35. The first-order chi connectivity index (χ1) is 7.87. The predicted molar refractivity (Wildman–Crippen MR) is 65.0 cm³/mol. The van der Waals surface area contributed by atoms with Crippen molar-refractivity contribution in [2.24, 2.45) is 0 Å². The highest BCUT2D eigenvalue weighted by Crippen LogP contribution is 2.55. The van der Waals surface area contributed by atoms with Crippen LogP contribution < -0.4 is 0 Å². The molecule has 86 valence electrons. The molecule has 16 heavy (non-hydrogen) atoms. The van der Waals surface area contributed by atoms with Crippen LogP contribution in [-0.4, -0.2) is 31.1 Å². The third kappa shape index (κ3) is 1.31. The number of fused-ring (bicyclic) bond motifs is 2. The molecule has 2 nitrogen and oxygen atoms in total. The molecule has 2 aliphatic heterocycles. The lowest BCUT2D eigenvalue weighted by atomic mass is 9.93. The van der Waals surface area contributed by atoms with Gasteiger partial charge in [-0.1, -0.05) is 0 Å². The highest BCUT2D eigenvalue weighted by atomic mass is 32.1. The lowest BCUT2D eigenvalue weighted by molar-refractivity contribution is -0.00973. The van der Waals surface area contributed by atoms with Crippen LogP contribution in [0.2, 0.25) is 0 Å². The number of likely N-dealkylation sites (tertiary alicyclic amines) is 1. The smallest absolute Gasteiger partial charge is 0.105 e. The van der Waals surface area contributed by atoms with Crippen molar-refractivity contribution >= 4 is 11.3 Å². The number of ether oxygens (including phenoxy) is 1. The third-order valence-corrected chi connectivity index (χ3v) is 5.35. The Morgan fingerprint density at radius 3 is 3.00 bits per heavy atom. The largest absolute Gasteiger partial charge is 0.370 e. The summed E-state index contributed by atoms with van der Waals surface area (Å²) in [6.45, 7) is 4.62. The zero-order valence-corrected chi connectivity index (χ0v) is 10.3. The van der Waals surface area contributed by atoms with Gasteiger partial charge < -0.3 is 9.64 Å². The predicted octanol–water partition coefficient (Wildman–Crippen LogP) is 2.56. The first-order valence-corrected chi connectivity index (χ1v) is 7.17. The van der Waals surface area contributed by atoms with Crippen LogP contribution >= 0.6 is 11.3 Å². The minimum atomic E-state index is 0.363. The van der Waals surface area contributed by atoms with Gasteiger partial charge >= 0.3 is 0 Å². The van der Waals surface area contributed by atoms with Crippen molar-refractivity contribution in [3.8, 4) is 0 Å². The fraction of sp³-hybridized carbons (Fsp3) is 0.692. The molecule has 0 N–H and O–H groups in total. The summed E-state index contributed by atoms with van der Waals surface area (Å²) in [4.78, 5) is 4.04. The van der Waals surface area contributed by atoms with Crippen LogP contribution in [0.25, 0.3) is 0 Å². The van der Waals surface area contributed by atoms with Crippen LogP contribution in [0, 0.1) is 0 Å². The number of hydrogen-bond acceptors (Lipinski definition) is 3. The molecule has 3 heteroatoms. The highest BCUT2D eigenvalue weighted by molar-refractivity contribution is 7.10. The molecule has 4 rings (SSSR count). The molecule has 3 aliphatic rings. The van der Waals surface area contributed by atoms with Crippen LogP contribution in [0.1, 0.15) is 35.8 Å². The molecule has 1 aliphatic carbocycles. The summed E-state index contributed by atoms with van der Waals surface area (Å²) >= 11 is 1.90. The standard InChI is InChI=1S/C13H17NOS/c1-5-14(6-1)8-11-12-10(2-7-16-12)13(3-4-13)9-15-11/h2,7,11H,1,3-6,8-9H2. The molecule has 2 fully saturated rings. The summed E-state index contributed by atoms with van der Waals surface area (Å²) in [6.07, 6.45) is 4.41. The topological polar surface area (TPSA) is 12.5 Å². The SMILES string of the molecule is c1cc2c(s1)C(CN1CCC1)OCC21CC1. The van der Waals surface area contributed by atoms with Gasteiger partial charge in [-0.05, 0) is 49.4 Å². The Labute approximate surface area is 100 Å². The molecule has 0 aromatic carbocycles. The summed E-state index contributed by atoms with van der Waals surface area (Å²) < 4.78 is 6.12. The monoisotopic (exact) mass is 235 g/mol. The number of thiophene rings is 1. The first kappa shape index (κ1) is 9.63. The van der Waals surface area contributed by atoms with E-state index in [4.69, 9.17) is 4.74 Å². The van der Waals surface area contributed by atoms with E-state index in [0.29, 0.717) is 11.5 Å². The highest BCUT2D eigenvalue weighted by Gasteiger charge is 2.50. The molecule has 1 spiro atoms. The van der Waals surface area contributed by atoms with Crippen LogP contribution in [-0.2, 0) is 10.2 Å². The fourth-order valence-corrected chi connectivity index (χ4v) is 3.98. The second kappa shape index (κ2) is 3.31. The lowest BCUT2D eigenvalue weighted by Crippen LogP contribution is -2.41. The minimum Gasteiger partial charge on any atom is -0.370 e. The summed E-state index contributed by atoms with van der Waals surface area (Å²) in [5.41, 5.74) is 2.06. The lowest BCUT2D eigenvalue weighted by Gasteiger charge is -2.37. The Morgan fingerprint density at radius 2 is 2.31 bits per heavy atom. The Hall–Kier alpha value is -0.380. The van der Waals surface area contributed by atoms with E-state index in [1.165, 1.54) is 37.2 Å². The Bertz CT molecular complexity index is 406. The molecule has 3 heterocycles. The van der Waals surface area contributed by atoms with Crippen LogP contribution in [0.4, 0.5) is 0 Å². The fourth-order valence-electron chi connectivity index (χ4n) is 2.92. The maximum Gasteiger partial charge on any atom is 0.105 e. The van der Waals surface area contributed by atoms with Crippen molar-refractivity contribution in [1.82, 2.24) is 4.90 Å². The Balaban J connectivity index is 1.61. The number of rotatable bonds is 2. The molecular weight excluding hydrogens is 218 g/mol. The van der Waals surface area contributed by atoms with Crippen molar-refractivity contribution in [3.05, 3.63) is 21.9 Å². The maximum absolute atomic E-state index is 6.12. The van der Waals surface area contributed by atoms with Gasteiger partial charge in [0.05, 0.1) is 6.61 Å². The molecule has 1 saturated heterocycles. The van der Waals surface area contributed by atoms with Gasteiger partial charge in [-0.3, -0.25) is 0 Å². The Morgan fingerprint density at radius 1 is 1.44 bits per heavy atom. The quantitative estimate of drug-likeness (QED) is 0.781. The Kier molecular flexibility index (Phi) is 1.99. The summed E-state index contributed by atoms with van der Waals surface area (Å²) in [5, 5.41) is 2.25. The van der Waals surface area contributed by atoms with Gasteiger partial charge in [0, 0.05) is 16.8 Å². The summed E-state index contributed by atoms with van der Waals surface area (Å²) in [7, 11) is 0. The van der Waals surface area contributed by atoms with Crippen molar-refractivity contribution in [2.75, 3.05) is 26.2 Å². The minimum absolute atomic E-state index is 0.363. The van der Waals surface area contributed by atoms with Crippen molar-refractivity contribution < 1.29 is 4.74 Å². The van der Waals surface area contributed by atoms with E-state index >= 15 is 0 Å². The molecule has 1 saturated carbocycles. The van der Waals surface area contributed by atoms with Crippen molar-refractivity contribution in [1.29, 1.82) is 0 Å². The molecule has 0 radical (unpaired) electrons. The van der Waals surface area contributed by atoms with Gasteiger partial charge in [-0.25, -0.2) is 0 Å². The second-order valence-corrected chi connectivity index (χ2v) is 6.38. The molecular formula is C13H17NOS. The van der Waals surface area contributed by atoms with Gasteiger partial charge in [0.2, 0.25) is 0 Å². The first-order valence-electron chi connectivity index (χ1n) is 6.29. The molecule has 1 unspecified atom stereocenters. The normalized spacial score (nSPS) is 31.1. The summed E-state index contributed by atoms with van der Waals surface area (Å²) in [5.74, 6) is 0. The van der Waals surface area contributed by atoms with Gasteiger partial charge in [-0.15, -0.1) is 11.3 Å². The van der Waals surface area contributed by atoms with E-state index in [-0.39, 0.29) is 0 Å². The van der Waals surface area contributed by atoms with Gasteiger partial charge in [0.15, 0.2) is 0 Å². The van der Waals surface area contributed by atoms with E-state index in [2.05, 4.69) is 16.3 Å². The molecule has 1 aromatic heterocycles. The van der Waals surface area contributed by atoms with Crippen molar-refractivity contribution in [3.63, 3.8) is 0 Å². The number of hydrogen-bond donors (Lipinski definition) is 0. The summed E-state index contributed by atoms with van der Waals surface area (Å²) in [6, 6.07) is 2.35. The van der Waals surface area contributed by atoms with E-state index in [1.807, 2.05) is 11.3 Å². The zero-order valence-electron chi connectivity index (χ0n) is 9.45. The number of nitrogens with zero attached hydrogens (tertiary/aromatic N) is 1. The maximum atomic E-state index is 6.12. The van der Waals surface area contributed by atoms with Crippen LogP contribution in [0.15, 0.2) is 11.4 Å². The van der Waals surface area contributed by atoms with E-state index in [9.17, 15) is 0 Å². The van der Waals surface area contributed by atoms with E-state index in [0.717, 1.165) is 13.2 Å². The van der Waals surface area contributed by atoms with Crippen LogP contribution in [0.3, 0.4) is 0 Å². The van der Waals surface area contributed by atoms with Gasteiger partial charge in [-0.2, -0.15) is 0 Å². The van der Waals surface area contributed by atoms with Crippen molar-refractivity contribution in [2.45, 2.75) is 30.8 Å². The molecule has 1 atom stereocenters. The second-order valence-electron chi connectivity index (χ2n) is 5.43. The zero-order chi connectivity index (χ0) is 10.6. The average molecular weight is 235 g/mol. The molecule has 0 amide bonds. The van der Waals surface area contributed by atoms with Gasteiger partial charge in [0.1, 0.15) is 6.10 Å². The van der Waals surface area contributed by atoms with Gasteiger partial charge in [0.25, 0.3) is 0 Å². The molecule has 1 aromatic rings. The van der Waals surface area contributed by atoms with Crippen LogP contribution in [0.5, 0.6) is 0 Å². The van der Waals surface area contributed by atoms with E-state index < -0.39 is 0 Å². The van der Waals surface area contributed by atoms with E-state index in [1.54, 1.807) is 5.56 Å². The average Bonchev–Trinajstić information content (AvgIpc) is 2.82. The molecule has 0 bridgehead atoms.